The third-order valence-corrected chi connectivity index (χ3v) is 5.50. The number of carbonyl (C=O) groups is 2. The summed E-state index contributed by atoms with van der Waals surface area (Å²) in [5.41, 5.74) is 4.58. The van der Waals surface area contributed by atoms with E-state index in [0.29, 0.717) is 11.6 Å². The molecule has 1 aliphatic rings. The number of nitrogens with one attached hydrogen (secondary N) is 4. The molecule has 0 aliphatic carbocycles. The molecule has 0 aromatic heterocycles. The average Bonchev–Trinajstić information content (AvgIpc) is 3.35. The highest BCUT2D eigenvalue weighted by Gasteiger charge is 2.25. The first-order valence-corrected chi connectivity index (χ1v) is 11.0. The molecule has 1 heterocycles. The van der Waals surface area contributed by atoms with Crippen molar-refractivity contribution in [1.29, 1.82) is 0 Å². The molecule has 0 bridgehead atoms. The summed E-state index contributed by atoms with van der Waals surface area (Å²) in [4.78, 5) is 23.9. The van der Waals surface area contributed by atoms with Crippen molar-refractivity contribution in [3.05, 3.63) is 70.8 Å². The zero-order valence-corrected chi connectivity index (χ0v) is 18.6. The van der Waals surface area contributed by atoms with Crippen molar-refractivity contribution in [2.24, 2.45) is 0 Å². The quantitative estimate of drug-likeness (QED) is 0.202. The molecule has 33 heavy (non-hydrogen) atoms. The van der Waals surface area contributed by atoms with Gasteiger partial charge >= 0.3 is 0 Å². The second kappa shape index (κ2) is 12.1. The number of carbonyl (C=O) groups excluding carboxylic acids is 2. The second-order valence-corrected chi connectivity index (χ2v) is 8.12. The molecule has 1 saturated heterocycles. The number of hydrogen-bond donors (Lipinski definition) is 6. The van der Waals surface area contributed by atoms with Crippen LogP contribution in [0.15, 0.2) is 48.5 Å². The number of hydrogen-bond acceptors (Lipinski definition) is 6. The van der Waals surface area contributed by atoms with Gasteiger partial charge in [-0.3, -0.25) is 14.8 Å². The molecule has 3 rings (SSSR count). The fourth-order valence-electron chi connectivity index (χ4n) is 3.58. The van der Waals surface area contributed by atoms with Gasteiger partial charge in [0.1, 0.15) is 6.04 Å². The Morgan fingerprint density at radius 3 is 2.27 bits per heavy atom. The van der Waals surface area contributed by atoms with Gasteiger partial charge in [-0.1, -0.05) is 24.0 Å². The average molecular weight is 451 g/mol. The van der Waals surface area contributed by atoms with Gasteiger partial charge in [0, 0.05) is 35.8 Å². The predicted molar refractivity (Wildman–Crippen MR) is 124 cm³/mol. The fraction of sp³-hybridized carbons (Fsp3) is 0.360. The Morgan fingerprint density at radius 2 is 1.73 bits per heavy atom. The van der Waals surface area contributed by atoms with Crippen LogP contribution in [-0.4, -0.2) is 53.4 Å². The summed E-state index contributed by atoms with van der Waals surface area (Å²) < 4.78 is 0. The molecular weight excluding hydrogens is 420 g/mol. The maximum atomic E-state index is 12.3. The van der Waals surface area contributed by atoms with Crippen molar-refractivity contribution in [1.82, 2.24) is 21.4 Å². The predicted octanol–water partition coefficient (Wildman–Crippen LogP) is 0.913. The summed E-state index contributed by atoms with van der Waals surface area (Å²) in [6.07, 6.45) is 1.32. The fourth-order valence-corrected chi connectivity index (χ4v) is 3.58. The van der Waals surface area contributed by atoms with Crippen LogP contribution in [0.4, 0.5) is 0 Å². The van der Waals surface area contributed by atoms with Crippen molar-refractivity contribution in [3.8, 4) is 11.8 Å². The standard InChI is InChI=1S/C25H30N4O4/c1-17(30)23(25(32)29-33)28-24(31)21-12-10-19(11-13-21)5-4-18-6-8-20(9-7-18)15-26-16-22-3-2-14-27-22/h6-13,17,22-23,26-27,30,33H,2-3,14-16H2,1H3,(H,28,31)(H,29,32)/t17-,22+,23+/m1/s1. The van der Waals surface area contributed by atoms with E-state index in [1.807, 2.05) is 12.1 Å². The molecule has 8 heteroatoms. The molecule has 6 N–H and O–H groups in total. The molecule has 8 nitrogen and oxygen atoms in total. The lowest BCUT2D eigenvalue weighted by Gasteiger charge is -2.19. The molecule has 0 spiro atoms. The van der Waals surface area contributed by atoms with Crippen molar-refractivity contribution >= 4 is 11.8 Å². The van der Waals surface area contributed by atoms with Crippen LogP contribution in [0.3, 0.4) is 0 Å². The molecule has 0 radical (unpaired) electrons. The zero-order valence-electron chi connectivity index (χ0n) is 18.6. The van der Waals surface area contributed by atoms with Crippen molar-refractivity contribution < 1.29 is 19.9 Å². The van der Waals surface area contributed by atoms with E-state index in [2.05, 4.69) is 39.9 Å². The van der Waals surface area contributed by atoms with Crippen LogP contribution in [0.1, 0.15) is 46.8 Å². The maximum absolute atomic E-state index is 12.3. The maximum Gasteiger partial charge on any atom is 0.268 e. The monoisotopic (exact) mass is 450 g/mol. The van der Waals surface area contributed by atoms with E-state index in [0.717, 1.165) is 30.8 Å². The molecular formula is C25H30N4O4. The minimum Gasteiger partial charge on any atom is -0.391 e. The normalized spacial score (nSPS) is 16.9. The molecule has 2 aromatic rings. The van der Waals surface area contributed by atoms with Crippen LogP contribution < -0.4 is 21.4 Å². The van der Waals surface area contributed by atoms with E-state index in [1.165, 1.54) is 30.8 Å². The van der Waals surface area contributed by atoms with Gasteiger partial charge in [-0.2, -0.15) is 0 Å². The topological polar surface area (TPSA) is 123 Å². The zero-order chi connectivity index (χ0) is 23.6. The molecule has 2 amide bonds. The van der Waals surface area contributed by atoms with Crippen LogP contribution in [0.2, 0.25) is 0 Å². The summed E-state index contributed by atoms with van der Waals surface area (Å²) in [6.45, 7) is 4.26. The second-order valence-electron chi connectivity index (χ2n) is 8.12. The molecule has 1 aliphatic heterocycles. The van der Waals surface area contributed by atoms with E-state index < -0.39 is 24.0 Å². The van der Waals surface area contributed by atoms with Gasteiger partial charge in [0.2, 0.25) is 0 Å². The molecule has 3 atom stereocenters. The molecule has 0 saturated carbocycles. The van der Waals surface area contributed by atoms with Gasteiger partial charge in [0.25, 0.3) is 11.8 Å². The Morgan fingerprint density at radius 1 is 1.09 bits per heavy atom. The lowest BCUT2D eigenvalue weighted by molar-refractivity contribution is -0.133. The van der Waals surface area contributed by atoms with Crippen LogP contribution in [0, 0.1) is 11.8 Å². The lowest BCUT2D eigenvalue weighted by Crippen LogP contribution is -2.51. The summed E-state index contributed by atoms with van der Waals surface area (Å²) in [7, 11) is 0. The van der Waals surface area contributed by atoms with Gasteiger partial charge in [0.05, 0.1) is 6.10 Å². The minimum atomic E-state index is -1.26. The van der Waals surface area contributed by atoms with E-state index in [1.54, 1.807) is 24.3 Å². The van der Waals surface area contributed by atoms with Gasteiger partial charge < -0.3 is 21.1 Å². The Hall–Kier alpha value is -3.22. The van der Waals surface area contributed by atoms with Crippen LogP contribution in [0.25, 0.3) is 0 Å². The minimum absolute atomic E-state index is 0.307. The van der Waals surface area contributed by atoms with E-state index >= 15 is 0 Å². The largest absolute Gasteiger partial charge is 0.391 e. The lowest BCUT2D eigenvalue weighted by atomic mass is 10.1. The molecule has 1 fully saturated rings. The Kier molecular flexibility index (Phi) is 8.98. The third-order valence-electron chi connectivity index (χ3n) is 5.50. The molecule has 174 valence electrons. The number of amides is 2. The Labute approximate surface area is 193 Å². The van der Waals surface area contributed by atoms with Gasteiger partial charge in [-0.25, -0.2) is 5.48 Å². The van der Waals surface area contributed by atoms with Crippen molar-refractivity contribution in [2.45, 2.75) is 44.5 Å². The van der Waals surface area contributed by atoms with E-state index in [9.17, 15) is 14.7 Å². The van der Waals surface area contributed by atoms with Gasteiger partial charge in [-0.05, 0) is 68.3 Å². The number of hydroxylamine groups is 1. The van der Waals surface area contributed by atoms with Crippen LogP contribution >= 0.6 is 0 Å². The Bertz CT molecular complexity index is 988. The van der Waals surface area contributed by atoms with E-state index in [4.69, 9.17) is 5.21 Å². The van der Waals surface area contributed by atoms with Crippen molar-refractivity contribution in [3.63, 3.8) is 0 Å². The Balaban J connectivity index is 1.53. The number of benzene rings is 2. The highest BCUT2D eigenvalue weighted by atomic mass is 16.5. The smallest absolute Gasteiger partial charge is 0.268 e. The first-order chi connectivity index (χ1) is 16.0. The SMILES string of the molecule is C[C@@H](O)[C@H](NC(=O)c1ccc(C#Cc2ccc(CNC[C@@H]3CCCN3)cc2)cc1)C(=O)NO. The number of rotatable bonds is 8. The van der Waals surface area contributed by atoms with Crippen LogP contribution in [-0.2, 0) is 11.3 Å². The summed E-state index contributed by atoms with van der Waals surface area (Å²) in [6, 6.07) is 14.0. The van der Waals surface area contributed by atoms with Crippen molar-refractivity contribution in [2.75, 3.05) is 13.1 Å². The van der Waals surface area contributed by atoms with Crippen LogP contribution in [0.5, 0.6) is 0 Å². The summed E-state index contributed by atoms with van der Waals surface area (Å²) in [5.74, 6) is 4.74. The van der Waals surface area contributed by atoms with E-state index in [-0.39, 0.29) is 0 Å². The number of aliphatic hydroxyl groups excluding tert-OH is 1. The molecule has 2 aromatic carbocycles. The molecule has 0 unspecified atom stereocenters. The highest BCUT2D eigenvalue weighted by molar-refractivity contribution is 5.97. The third kappa shape index (κ3) is 7.41. The number of aliphatic hydroxyl groups is 1. The van der Waals surface area contributed by atoms with Gasteiger partial charge in [-0.15, -0.1) is 0 Å². The summed E-state index contributed by atoms with van der Waals surface area (Å²) in [5, 5.41) is 27.7. The highest BCUT2D eigenvalue weighted by Crippen LogP contribution is 2.08. The summed E-state index contributed by atoms with van der Waals surface area (Å²) >= 11 is 0. The van der Waals surface area contributed by atoms with Gasteiger partial charge in [0.15, 0.2) is 0 Å². The first kappa shape index (κ1) is 24.4. The first-order valence-electron chi connectivity index (χ1n) is 11.0.